The number of imidazole rings is 1. The summed E-state index contributed by atoms with van der Waals surface area (Å²) in [5, 5.41) is 9.22. The van der Waals surface area contributed by atoms with Crippen molar-refractivity contribution < 1.29 is 24.2 Å². The van der Waals surface area contributed by atoms with Gasteiger partial charge in [-0.1, -0.05) is 15.9 Å². The summed E-state index contributed by atoms with van der Waals surface area (Å²) in [7, 11) is 0. The van der Waals surface area contributed by atoms with Crippen LogP contribution in [0.2, 0.25) is 0 Å². The lowest BCUT2D eigenvalue weighted by molar-refractivity contribution is -0.154. The Morgan fingerprint density at radius 2 is 1.56 bits per heavy atom. The molecule has 0 radical (unpaired) electrons. The van der Waals surface area contributed by atoms with Gasteiger partial charge in [0, 0.05) is 5.69 Å². The highest BCUT2D eigenvalue weighted by Crippen LogP contribution is 2.10. The normalized spacial score (nSPS) is 11.4. The van der Waals surface area contributed by atoms with E-state index in [1.165, 1.54) is 0 Å². The average molecular weight is 421 g/mol. The van der Waals surface area contributed by atoms with Gasteiger partial charge in [0.25, 0.3) is 0 Å². The monoisotopic (exact) mass is 420 g/mol. The fraction of sp³-hybridized carbons (Fsp3) is 0.706. The van der Waals surface area contributed by atoms with Crippen LogP contribution >= 0.6 is 15.9 Å². The van der Waals surface area contributed by atoms with Crippen molar-refractivity contribution in [3.63, 3.8) is 0 Å². The van der Waals surface area contributed by atoms with E-state index < -0.39 is 5.60 Å². The molecule has 144 valence electrons. The highest BCUT2D eigenvalue weighted by atomic mass is 79.9. The van der Waals surface area contributed by atoms with E-state index in [9.17, 15) is 9.59 Å². The molecule has 0 saturated carbocycles. The SMILES string of the molecule is CC(C)(C)OC(=O)CBr.Cc1[nH]c(CC(=O)OC(C)(C)C)nc1CO. The predicted octanol–water partition coefficient (Wildman–Crippen LogP) is 2.82. The number of esters is 2. The van der Waals surface area contributed by atoms with E-state index in [2.05, 4.69) is 25.9 Å². The van der Waals surface area contributed by atoms with Crippen LogP contribution in [-0.4, -0.2) is 43.5 Å². The maximum atomic E-state index is 11.5. The maximum Gasteiger partial charge on any atom is 0.317 e. The van der Waals surface area contributed by atoms with Crippen LogP contribution in [0.15, 0.2) is 0 Å². The second-order valence-electron chi connectivity index (χ2n) is 7.40. The van der Waals surface area contributed by atoms with Gasteiger partial charge < -0.3 is 19.6 Å². The first kappa shape index (κ1) is 23.6. The summed E-state index contributed by atoms with van der Waals surface area (Å²) in [5.41, 5.74) is 0.503. The Bertz CT molecular complexity index is 571. The largest absolute Gasteiger partial charge is 0.460 e. The van der Waals surface area contributed by atoms with Crippen molar-refractivity contribution in [2.75, 3.05) is 5.33 Å². The van der Waals surface area contributed by atoms with Crippen LogP contribution in [0.5, 0.6) is 0 Å². The Labute approximate surface area is 157 Å². The molecule has 1 heterocycles. The van der Waals surface area contributed by atoms with Crippen LogP contribution in [0.3, 0.4) is 0 Å². The molecular weight excluding hydrogens is 392 g/mol. The number of halogens is 1. The summed E-state index contributed by atoms with van der Waals surface area (Å²) < 4.78 is 10.1. The number of aromatic nitrogens is 2. The number of aliphatic hydroxyl groups is 1. The lowest BCUT2D eigenvalue weighted by Crippen LogP contribution is -2.25. The van der Waals surface area contributed by atoms with E-state index in [4.69, 9.17) is 14.6 Å². The number of aliphatic hydroxyl groups excluding tert-OH is 1. The summed E-state index contributed by atoms with van der Waals surface area (Å²) in [5.74, 6) is -0.0240. The number of hydrogen-bond acceptors (Lipinski definition) is 6. The number of H-pyrrole nitrogens is 1. The third kappa shape index (κ3) is 11.7. The van der Waals surface area contributed by atoms with Gasteiger partial charge in [0.1, 0.15) is 28.8 Å². The van der Waals surface area contributed by atoms with Crippen LogP contribution in [-0.2, 0) is 32.1 Å². The van der Waals surface area contributed by atoms with Gasteiger partial charge in [-0.25, -0.2) is 4.98 Å². The molecule has 0 aromatic carbocycles. The van der Waals surface area contributed by atoms with Crippen molar-refractivity contribution in [1.82, 2.24) is 9.97 Å². The minimum Gasteiger partial charge on any atom is -0.460 e. The number of ether oxygens (including phenoxy) is 2. The first-order valence-electron chi connectivity index (χ1n) is 7.92. The van der Waals surface area contributed by atoms with Gasteiger partial charge in [-0.3, -0.25) is 9.59 Å². The molecule has 0 saturated heterocycles. The molecule has 0 spiro atoms. The third-order valence-corrected chi connectivity index (χ3v) is 2.90. The predicted molar refractivity (Wildman–Crippen MR) is 98.4 cm³/mol. The van der Waals surface area contributed by atoms with E-state index in [0.717, 1.165) is 5.69 Å². The van der Waals surface area contributed by atoms with E-state index >= 15 is 0 Å². The molecule has 0 aliphatic heterocycles. The van der Waals surface area contributed by atoms with Crippen LogP contribution < -0.4 is 0 Å². The van der Waals surface area contributed by atoms with Gasteiger partial charge in [-0.05, 0) is 48.5 Å². The molecular formula is C17H29BrN2O5. The second-order valence-corrected chi connectivity index (χ2v) is 7.96. The number of alkyl halides is 1. The molecule has 8 heteroatoms. The lowest BCUT2D eigenvalue weighted by Gasteiger charge is -2.18. The lowest BCUT2D eigenvalue weighted by atomic mass is 10.2. The van der Waals surface area contributed by atoms with E-state index in [1.807, 2.05) is 41.5 Å². The van der Waals surface area contributed by atoms with Crippen LogP contribution in [0, 0.1) is 6.92 Å². The van der Waals surface area contributed by atoms with Gasteiger partial charge >= 0.3 is 11.9 Å². The van der Waals surface area contributed by atoms with Crippen LogP contribution in [0.1, 0.15) is 58.8 Å². The molecule has 0 atom stereocenters. The zero-order valence-corrected chi connectivity index (χ0v) is 17.6. The van der Waals surface area contributed by atoms with Crippen LogP contribution in [0.25, 0.3) is 0 Å². The van der Waals surface area contributed by atoms with Crippen molar-refractivity contribution in [3.8, 4) is 0 Å². The highest BCUT2D eigenvalue weighted by molar-refractivity contribution is 9.09. The van der Waals surface area contributed by atoms with Crippen LogP contribution in [0.4, 0.5) is 0 Å². The number of aryl methyl sites for hydroxylation is 1. The van der Waals surface area contributed by atoms with Gasteiger partial charge in [0.05, 0.1) is 12.3 Å². The quantitative estimate of drug-likeness (QED) is 0.573. The minimum atomic E-state index is -0.488. The molecule has 25 heavy (non-hydrogen) atoms. The Morgan fingerprint density at radius 1 is 1.08 bits per heavy atom. The van der Waals surface area contributed by atoms with E-state index in [-0.39, 0.29) is 35.9 Å². The molecule has 0 amide bonds. The smallest absolute Gasteiger partial charge is 0.317 e. The molecule has 0 unspecified atom stereocenters. The number of carbonyl (C=O) groups excluding carboxylic acids is 2. The molecule has 0 aliphatic carbocycles. The molecule has 1 aromatic rings. The van der Waals surface area contributed by atoms with Crippen molar-refractivity contribution in [3.05, 3.63) is 17.2 Å². The number of nitrogens with zero attached hydrogens (tertiary/aromatic N) is 1. The first-order valence-corrected chi connectivity index (χ1v) is 9.04. The third-order valence-electron chi connectivity index (χ3n) is 2.45. The maximum absolute atomic E-state index is 11.5. The molecule has 0 aliphatic rings. The number of aromatic amines is 1. The zero-order chi connectivity index (χ0) is 19.8. The summed E-state index contributed by atoms with van der Waals surface area (Å²) >= 11 is 2.99. The first-order chi connectivity index (χ1) is 11.3. The Hall–Kier alpha value is -1.41. The van der Waals surface area contributed by atoms with Gasteiger partial charge in [0.15, 0.2) is 0 Å². The summed E-state index contributed by atoms with van der Waals surface area (Å²) in [6, 6.07) is 0. The standard InChI is InChI=1S/C11H18N2O3.C6H11BrO2/c1-7-8(6-14)13-9(12-7)5-10(15)16-11(2,3)4;1-6(2,3)9-5(8)4-7/h14H,5-6H2,1-4H3,(H,12,13);4H2,1-3H3. The fourth-order valence-electron chi connectivity index (χ4n) is 1.68. The molecule has 0 bridgehead atoms. The Kier molecular flexibility index (Phi) is 9.35. The van der Waals surface area contributed by atoms with Crippen molar-refractivity contribution in [2.24, 2.45) is 0 Å². The second kappa shape index (κ2) is 9.91. The molecule has 1 aromatic heterocycles. The highest BCUT2D eigenvalue weighted by Gasteiger charge is 2.18. The summed E-state index contributed by atoms with van der Waals surface area (Å²) in [4.78, 5) is 29.1. The van der Waals surface area contributed by atoms with Crippen molar-refractivity contribution in [2.45, 2.75) is 72.7 Å². The molecule has 1 rings (SSSR count). The number of hydrogen-bond donors (Lipinski definition) is 2. The van der Waals surface area contributed by atoms with Crippen molar-refractivity contribution in [1.29, 1.82) is 0 Å². The minimum absolute atomic E-state index is 0.0953. The summed E-state index contributed by atoms with van der Waals surface area (Å²) in [6.07, 6.45) is 0.0953. The number of rotatable bonds is 4. The van der Waals surface area contributed by atoms with E-state index in [1.54, 1.807) is 6.92 Å². The fourth-order valence-corrected chi connectivity index (χ4v) is 1.80. The molecule has 2 N–H and O–H groups in total. The van der Waals surface area contributed by atoms with Gasteiger partial charge in [-0.15, -0.1) is 0 Å². The summed E-state index contributed by atoms with van der Waals surface area (Å²) in [6.45, 7) is 12.6. The Morgan fingerprint density at radius 3 is 1.88 bits per heavy atom. The van der Waals surface area contributed by atoms with E-state index in [0.29, 0.717) is 11.5 Å². The molecule has 0 fully saturated rings. The zero-order valence-electron chi connectivity index (χ0n) is 16.0. The van der Waals surface area contributed by atoms with Crippen molar-refractivity contribution >= 4 is 27.9 Å². The van der Waals surface area contributed by atoms with Gasteiger partial charge in [-0.2, -0.15) is 0 Å². The topological polar surface area (TPSA) is 102 Å². The average Bonchev–Trinajstić information content (AvgIpc) is 2.75. The molecule has 7 nitrogen and oxygen atoms in total. The number of carbonyl (C=O) groups is 2. The van der Waals surface area contributed by atoms with Gasteiger partial charge in [0.2, 0.25) is 0 Å². The number of nitrogens with one attached hydrogen (secondary N) is 1. The Balaban J connectivity index is 0.000000547.